The average Bonchev–Trinajstić information content (AvgIpc) is 2.38. The molecule has 21 heavy (non-hydrogen) atoms. The minimum Gasteiger partial charge on any atom is -0.478 e. The second-order valence-electron chi connectivity index (χ2n) is 5.08. The van der Waals surface area contributed by atoms with Crippen LogP contribution in [0.4, 0.5) is 0 Å². The molecule has 7 heteroatoms. The van der Waals surface area contributed by atoms with Crippen LogP contribution in [0.5, 0.6) is 0 Å². The number of hydrogen-bond donors (Lipinski definition) is 1. The smallest absolute Gasteiger partial charge is 0.335 e. The molecule has 0 heterocycles. The van der Waals surface area contributed by atoms with E-state index in [-0.39, 0.29) is 28.5 Å². The summed E-state index contributed by atoms with van der Waals surface area (Å²) in [5.41, 5.74) is 1.03. The molecule has 0 aliphatic heterocycles. The van der Waals surface area contributed by atoms with Gasteiger partial charge in [-0.1, -0.05) is 0 Å². The Morgan fingerprint density at radius 2 is 1.76 bits per heavy atom. The Hall–Kier alpha value is -1.89. The van der Waals surface area contributed by atoms with E-state index >= 15 is 0 Å². The number of rotatable bonds is 5. The molecule has 0 spiro atoms. The van der Waals surface area contributed by atoms with Gasteiger partial charge in [-0.25, -0.2) is 13.2 Å². The number of carbonyl (C=O) groups excluding carboxylic acids is 1. The summed E-state index contributed by atoms with van der Waals surface area (Å²) in [5.74, 6) is -1.81. The number of nitrogens with zero attached hydrogens (tertiary/aromatic N) is 1. The fraction of sp³-hybridized carbons (Fsp3) is 0.429. The molecule has 0 bridgehead atoms. The third-order valence-electron chi connectivity index (χ3n) is 3.29. The van der Waals surface area contributed by atoms with Gasteiger partial charge in [-0.15, -0.1) is 0 Å². The Balaban J connectivity index is 3.19. The summed E-state index contributed by atoms with van der Waals surface area (Å²) in [6.07, 6.45) is -0.134. The van der Waals surface area contributed by atoms with Crippen molar-refractivity contribution in [1.82, 2.24) is 4.90 Å². The molecule has 1 aromatic rings. The van der Waals surface area contributed by atoms with Crippen LogP contribution >= 0.6 is 0 Å². The summed E-state index contributed by atoms with van der Waals surface area (Å²) in [6.45, 7) is 3.29. The number of amides is 1. The monoisotopic (exact) mass is 313 g/mol. The number of carboxylic acids is 1. The molecule has 0 unspecified atom stereocenters. The highest BCUT2D eigenvalue weighted by molar-refractivity contribution is 7.91. The normalized spacial score (nSPS) is 11.2. The first kappa shape index (κ1) is 17.2. The molecule has 1 amide bonds. The molecular formula is C14H19NO5S. The van der Waals surface area contributed by atoms with E-state index in [9.17, 15) is 18.0 Å². The molecule has 0 radical (unpaired) electrons. The van der Waals surface area contributed by atoms with Crippen LogP contribution in [0.25, 0.3) is 0 Å². The SMILES string of the molecule is Cc1cc(C(=O)O)cc(S(=O)(=O)CCC(=O)N(C)C)c1C. The summed E-state index contributed by atoms with van der Waals surface area (Å²) in [4.78, 5) is 23.9. The van der Waals surface area contributed by atoms with Crippen molar-refractivity contribution in [3.05, 3.63) is 28.8 Å². The summed E-state index contributed by atoms with van der Waals surface area (Å²) >= 11 is 0. The van der Waals surface area contributed by atoms with E-state index < -0.39 is 15.8 Å². The Labute approximate surface area is 124 Å². The predicted octanol–water partition coefficient (Wildman–Crippen LogP) is 1.25. The zero-order valence-electron chi connectivity index (χ0n) is 12.5. The van der Waals surface area contributed by atoms with Gasteiger partial charge < -0.3 is 10.0 Å². The van der Waals surface area contributed by atoms with E-state index in [1.807, 2.05) is 0 Å². The zero-order valence-corrected chi connectivity index (χ0v) is 13.3. The highest BCUT2D eigenvalue weighted by Crippen LogP contribution is 2.23. The van der Waals surface area contributed by atoms with Gasteiger partial charge in [-0.3, -0.25) is 4.79 Å². The van der Waals surface area contributed by atoms with Crippen molar-refractivity contribution < 1.29 is 23.1 Å². The minimum atomic E-state index is -3.71. The molecule has 1 N–H and O–H groups in total. The quantitative estimate of drug-likeness (QED) is 0.883. The van der Waals surface area contributed by atoms with Gasteiger partial charge in [-0.05, 0) is 37.1 Å². The molecule has 0 aliphatic rings. The van der Waals surface area contributed by atoms with Crippen molar-refractivity contribution in [3.8, 4) is 0 Å². The van der Waals surface area contributed by atoms with E-state index in [0.717, 1.165) is 6.07 Å². The number of sulfone groups is 1. The largest absolute Gasteiger partial charge is 0.478 e. The average molecular weight is 313 g/mol. The molecule has 0 fully saturated rings. The van der Waals surface area contributed by atoms with Crippen molar-refractivity contribution in [3.63, 3.8) is 0 Å². The van der Waals surface area contributed by atoms with Crippen LogP contribution in [0, 0.1) is 13.8 Å². The lowest BCUT2D eigenvalue weighted by Crippen LogP contribution is -2.24. The third kappa shape index (κ3) is 4.04. The number of carboxylic acid groups (broad SMARTS) is 1. The molecule has 1 aromatic carbocycles. The fourth-order valence-electron chi connectivity index (χ4n) is 1.83. The fourth-order valence-corrected chi connectivity index (χ4v) is 3.43. The molecule has 0 saturated carbocycles. The lowest BCUT2D eigenvalue weighted by molar-refractivity contribution is -0.128. The van der Waals surface area contributed by atoms with Crippen LogP contribution in [-0.4, -0.2) is 50.1 Å². The maximum Gasteiger partial charge on any atom is 0.335 e. The second kappa shape index (κ2) is 6.26. The number of hydrogen-bond acceptors (Lipinski definition) is 4. The van der Waals surface area contributed by atoms with E-state index in [4.69, 9.17) is 5.11 Å². The van der Waals surface area contributed by atoms with E-state index in [0.29, 0.717) is 11.1 Å². The minimum absolute atomic E-state index is 0.0218. The molecule has 0 aliphatic carbocycles. The van der Waals surface area contributed by atoms with Crippen LogP contribution < -0.4 is 0 Å². The van der Waals surface area contributed by atoms with Gasteiger partial charge in [-0.2, -0.15) is 0 Å². The molecule has 0 atom stereocenters. The van der Waals surface area contributed by atoms with Gasteiger partial charge in [0.1, 0.15) is 0 Å². The lowest BCUT2D eigenvalue weighted by Gasteiger charge is -2.13. The van der Waals surface area contributed by atoms with Crippen LogP contribution in [0.1, 0.15) is 27.9 Å². The molecule has 0 saturated heterocycles. The van der Waals surface area contributed by atoms with Gasteiger partial charge in [0.15, 0.2) is 9.84 Å². The summed E-state index contributed by atoms with van der Waals surface area (Å²) in [7, 11) is -0.607. The third-order valence-corrected chi connectivity index (χ3v) is 5.12. The number of aryl methyl sites for hydroxylation is 1. The number of benzene rings is 1. The van der Waals surface area contributed by atoms with Crippen molar-refractivity contribution in [1.29, 1.82) is 0 Å². The maximum atomic E-state index is 12.3. The lowest BCUT2D eigenvalue weighted by atomic mass is 10.1. The van der Waals surface area contributed by atoms with Gasteiger partial charge >= 0.3 is 5.97 Å². The maximum absolute atomic E-state index is 12.3. The van der Waals surface area contributed by atoms with Crippen molar-refractivity contribution >= 4 is 21.7 Å². The number of carbonyl (C=O) groups is 2. The molecule has 6 nitrogen and oxygen atoms in total. The van der Waals surface area contributed by atoms with E-state index in [1.165, 1.54) is 11.0 Å². The Bertz CT molecular complexity index is 677. The van der Waals surface area contributed by atoms with Gasteiger partial charge in [0.2, 0.25) is 5.91 Å². The standard InChI is InChI=1S/C14H19NO5S/c1-9-7-11(14(17)18)8-12(10(9)2)21(19,20)6-5-13(16)15(3)4/h7-8H,5-6H2,1-4H3,(H,17,18). The Morgan fingerprint density at radius 1 is 1.19 bits per heavy atom. The Morgan fingerprint density at radius 3 is 2.24 bits per heavy atom. The highest BCUT2D eigenvalue weighted by atomic mass is 32.2. The topological polar surface area (TPSA) is 91.7 Å². The molecular weight excluding hydrogens is 294 g/mol. The van der Waals surface area contributed by atoms with Crippen molar-refractivity contribution in [2.75, 3.05) is 19.8 Å². The number of aromatic carboxylic acids is 1. The van der Waals surface area contributed by atoms with Crippen LogP contribution in [-0.2, 0) is 14.6 Å². The summed E-state index contributed by atoms with van der Waals surface area (Å²) in [5, 5.41) is 9.03. The van der Waals surface area contributed by atoms with Gasteiger partial charge in [0.25, 0.3) is 0 Å². The van der Waals surface area contributed by atoms with Crippen LogP contribution in [0.3, 0.4) is 0 Å². The zero-order chi connectivity index (χ0) is 16.4. The van der Waals surface area contributed by atoms with Crippen molar-refractivity contribution in [2.45, 2.75) is 25.2 Å². The van der Waals surface area contributed by atoms with Gasteiger partial charge in [0.05, 0.1) is 16.2 Å². The summed E-state index contributed by atoms with van der Waals surface area (Å²) in [6, 6.07) is 2.59. The predicted molar refractivity (Wildman–Crippen MR) is 78.2 cm³/mol. The van der Waals surface area contributed by atoms with E-state index in [2.05, 4.69) is 0 Å². The molecule has 0 aromatic heterocycles. The highest BCUT2D eigenvalue weighted by Gasteiger charge is 2.22. The second-order valence-corrected chi connectivity index (χ2v) is 7.16. The van der Waals surface area contributed by atoms with Crippen molar-refractivity contribution in [2.24, 2.45) is 0 Å². The first-order valence-corrected chi connectivity index (χ1v) is 7.99. The van der Waals surface area contributed by atoms with Crippen LogP contribution in [0.15, 0.2) is 17.0 Å². The summed E-state index contributed by atoms with van der Waals surface area (Å²) < 4.78 is 24.7. The Kier molecular flexibility index (Phi) is 5.11. The van der Waals surface area contributed by atoms with E-state index in [1.54, 1.807) is 27.9 Å². The molecule has 1 rings (SSSR count). The first-order chi connectivity index (χ1) is 9.56. The van der Waals surface area contributed by atoms with Gasteiger partial charge in [0, 0.05) is 20.5 Å². The first-order valence-electron chi connectivity index (χ1n) is 6.33. The molecule has 116 valence electrons. The van der Waals surface area contributed by atoms with Crippen LogP contribution in [0.2, 0.25) is 0 Å².